The molecule has 0 amide bonds. The average molecular weight is 232 g/mol. The quantitative estimate of drug-likeness (QED) is 0.837. The van der Waals surface area contributed by atoms with Gasteiger partial charge in [-0.3, -0.25) is 0 Å². The van der Waals surface area contributed by atoms with Crippen LogP contribution in [0.4, 0.5) is 5.82 Å². The maximum atomic E-state index is 9.14. The van der Waals surface area contributed by atoms with Crippen molar-refractivity contribution in [3.05, 3.63) is 24.7 Å². The fourth-order valence-electron chi connectivity index (χ4n) is 2.41. The van der Waals surface area contributed by atoms with Crippen LogP contribution in [0, 0.1) is 5.92 Å². The van der Waals surface area contributed by atoms with E-state index in [1.165, 1.54) is 0 Å². The average Bonchev–Trinajstić information content (AvgIpc) is 2.87. The number of hydrogen-bond acceptors (Lipinski definition) is 4. The minimum absolute atomic E-state index is 0.304. The zero-order chi connectivity index (χ0) is 11.7. The molecular weight excluding hydrogens is 216 g/mol. The summed E-state index contributed by atoms with van der Waals surface area (Å²) in [6.07, 6.45) is 7.51. The highest BCUT2D eigenvalue weighted by molar-refractivity contribution is 5.68. The van der Waals surface area contributed by atoms with Gasteiger partial charge in [0.1, 0.15) is 5.52 Å². The molecule has 2 aromatic rings. The Morgan fingerprint density at radius 1 is 1.29 bits per heavy atom. The molecule has 0 spiro atoms. The van der Waals surface area contributed by atoms with Crippen molar-refractivity contribution >= 4 is 11.3 Å². The summed E-state index contributed by atoms with van der Waals surface area (Å²) in [5, 5.41) is 13.4. The third-order valence-corrected chi connectivity index (χ3v) is 3.48. The van der Waals surface area contributed by atoms with E-state index in [1.54, 1.807) is 12.4 Å². The fraction of sp³-hybridized carbons (Fsp3) is 0.500. The maximum absolute atomic E-state index is 9.14. The summed E-state index contributed by atoms with van der Waals surface area (Å²) in [6, 6.07) is 1.99. The lowest BCUT2D eigenvalue weighted by Gasteiger charge is -2.32. The predicted octanol–water partition coefficient (Wildman–Crippen LogP) is 0.938. The highest BCUT2D eigenvalue weighted by Gasteiger charge is 2.20. The monoisotopic (exact) mass is 232 g/mol. The lowest BCUT2D eigenvalue weighted by molar-refractivity contribution is 0.203. The first kappa shape index (κ1) is 10.5. The number of aromatic nitrogens is 3. The zero-order valence-corrected chi connectivity index (χ0v) is 9.66. The van der Waals surface area contributed by atoms with E-state index in [9.17, 15) is 0 Å². The molecule has 1 aliphatic heterocycles. The van der Waals surface area contributed by atoms with Crippen LogP contribution < -0.4 is 4.90 Å². The Kier molecular flexibility index (Phi) is 2.68. The van der Waals surface area contributed by atoms with Gasteiger partial charge in [0.05, 0.1) is 6.20 Å². The Bertz CT molecular complexity index is 502. The highest BCUT2D eigenvalue weighted by Crippen LogP contribution is 2.24. The predicted molar refractivity (Wildman–Crippen MR) is 65.0 cm³/mol. The Morgan fingerprint density at radius 2 is 2.12 bits per heavy atom. The summed E-state index contributed by atoms with van der Waals surface area (Å²) in [5.74, 6) is 1.46. The summed E-state index contributed by atoms with van der Waals surface area (Å²) in [4.78, 5) is 6.74. The number of anilines is 1. The largest absolute Gasteiger partial charge is 0.396 e. The molecule has 5 nitrogen and oxygen atoms in total. The first-order valence-corrected chi connectivity index (χ1v) is 6.02. The Labute approximate surface area is 99.7 Å². The summed E-state index contributed by atoms with van der Waals surface area (Å²) >= 11 is 0. The van der Waals surface area contributed by atoms with E-state index in [-0.39, 0.29) is 0 Å². The molecule has 0 saturated carbocycles. The third kappa shape index (κ3) is 1.86. The number of piperidine rings is 1. The molecule has 0 unspecified atom stereocenters. The van der Waals surface area contributed by atoms with Gasteiger partial charge in [-0.2, -0.15) is 5.10 Å². The number of aliphatic hydroxyl groups excluding tert-OH is 1. The van der Waals surface area contributed by atoms with Gasteiger partial charge in [0, 0.05) is 32.1 Å². The zero-order valence-electron chi connectivity index (χ0n) is 9.66. The van der Waals surface area contributed by atoms with Crippen molar-refractivity contribution in [3.63, 3.8) is 0 Å². The van der Waals surface area contributed by atoms with Crippen molar-refractivity contribution in [3.8, 4) is 0 Å². The van der Waals surface area contributed by atoms with Gasteiger partial charge in [-0.1, -0.05) is 0 Å². The molecule has 1 N–H and O–H groups in total. The van der Waals surface area contributed by atoms with E-state index in [0.29, 0.717) is 12.5 Å². The van der Waals surface area contributed by atoms with Crippen molar-refractivity contribution in [2.45, 2.75) is 12.8 Å². The van der Waals surface area contributed by atoms with Gasteiger partial charge in [-0.25, -0.2) is 9.50 Å². The molecule has 17 heavy (non-hydrogen) atoms. The van der Waals surface area contributed by atoms with Crippen LogP contribution in [0.5, 0.6) is 0 Å². The standard InChI is InChI=1S/C12H16N4O/c17-9-10-2-6-15(7-3-10)12-11-1-4-14-16(11)8-5-13-12/h1,4-5,8,10,17H,2-3,6-7,9H2. The van der Waals surface area contributed by atoms with E-state index in [4.69, 9.17) is 5.11 Å². The molecule has 1 saturated heterocycles. The summed E-state index contributed by atoms with van der Waals surface area (Å²) in [7, 11) is 0. The van der Waals surface area contributed by atoms with Gasteiger partial charge >= 0.3 is 0 Å². The van der Waals surface area contributed by atoms with Crippen LogP contribution in [-0.2, 0) is 0 Å². The van der Waals surface area contributed by atoms with Crippen molar-refractivity contribution < 1.29 is 5.11 Å². The van der Waals surface area contributed by atoms with E-state index in [2.05, 4.69) is 15.0 Å². The van der Waals surface area contributed by atoms with Crippen LogP contribution >= 0.6 is 0 Å². The molecule has 3 rings (SSSR count). The van der Waals surface area contributed by atoms with Crippen LogP contribution in [0.1, 0.15) is 12.8 Å². The third-order valence-electron chi connectivity index (χ3n) is 3.48. The smallest absolute Gasteiger partial charge is 0.154 e. The first-order valence-electron chi connectivity index (χ1n) is 6.02. The van der Waals surface area contributed by atoms with Gasteiger partial charge in [0.2, 0.25) is 0 Å². The Balaban J connectivity index is 1.87. The summed E-state index contributed by atoms with van der Waals surface area (Å²) in [5.41, 5.74) is 1.05. The minimum Gasteiger partial charge on any atom is -0.396 e. The van der Waals surface area contributed by atoms with Gasteiger partial charge in [-0.15, -0.1) is 0 Å². The molecule has 0 atom stereocenters. The SMILES string of the molecule is OCC1CCN(c2nccn3nccc23)CC1. The van der Waals surface area contributed by atoms with Crippen LogP contribution in [0.2, 0.25) is 0 Å². The molecule has 0 bridgehead atoms. The molecule has 90 valence electrons. The van der Waals surface area contributed by atoms with Crippen LogP contribution in [0.3, 0.4) is 0 Å². The van der Waals surface area contributed by atoms with E-state index in [1.807, 2.05) is 16.8 Å². The lowest BCUT2D eigenvalue weighted by atomic mass is 9.98. The number of hydrogen-bond donors (Lipinski definition) is 1. The minimum atomic E-state index is 0.304. The topological polar surface area (TPSA) is 53.7 Å². The Morgan fingerprint density at radius 3 is 2.88 bits per heavy atom. The van der Waals surface area contributed by atoms with E-state index < -0.39 is 0 Å². The molecule has 0 radical (unpaired) electrons. The van der Waals surface area contributed by atoms with Crippen LogP contribution in [0.25, 0.3) is 5.52 Å². The van der Waals surface area contributed by atoms with Gasteiger partial charge in [-0.05, 0) is 24.8 Å². The number of nitrogens with zero attached hydrogens (tertiary/aromatic N) is 4. The fourth-order valence-corrected chi connectivity index (χ4v) is 2.41. The van der Waals surface area contributed by atoms with E-state index >= 15 is 0 Å². The maximum Gasteiger partial charge on any atom is 0.154 e. The number of fused-ring (bicyclic) bond motifs is 1. The number of aliphatic hydroxyl groups is 1. The molecule has 0 aromatic carbocycles. The first-order chi connectivity index (χ1) is 8.38. The summed E-state index contributed by atoms with van der Waals surface area (Å²) in [6.45, 7) is 2.23. The molecular formula is C12H16N4O. The number of rotatable bonds is 2. The molecule has 3 heterocycles. The second-order valence-electron chi connectivity index (χ2n) is 4.52. The van der Waals surface area contributed by atoms with Crippen LogP contribution in [0.15, 0.2) is 24.7 Å². The van der Waals surface area contributed by atoms with Gasteiger partial charge in [0.15, 0.2) is 5.82 Å². The van der Waals surface area contributed by atoms with Gasteiger partial charge < -0.3 is 10.0 Å². The van der Waals surface area contributed by atoms with Crippen molar-refractivity contribution in [1.29, 1.82) is 0 Å². The van der Waals surface area contributed by atoms with Gasteiger partial charge in [0.25, 0.3) is 0 Å². The molecule has 1 aliphatic rings. The second kappa shape index (κ2) is 4.33. The molecule has 5 heteroatoms. The molecule has 0 aliphatic carbocycles. The summed E-state index contributed by atoms with van der Waals surface area (Å²) < 4.78 is 1.85. The van der Waals surface area contributed by atoms with Crippen LogP contribution in [-0.4, -0.2) is 39.4 Å². The highest BCUT2D eigenvalue weighted by atomic mass is 16.3. The van der Waals surface area contributed by atoms with Crippen molar-refractivity contribution in [2.75, 3.05) is 24.6 Å². The molecule has 2 aromatic heterocycles. The second-order valence-corrected chi connectivity index (χ2v) is 4.52. The normalized spacial score (nSPS) is 17.8. The van der Waals surface area contributed by atoms with Crippen molar-refractivity contribution in [1.82, 2.24) is 14.6 Å². The van der Waals surface area contributed by atoms with E-state index in [0.717, 1.165) is 37.3 Å². The Hall–Kier alpha value is -1.62. The lowest BCUT2D eigenvalue weighted by Crippen LogP contribution is -2.35. The van der Waals surface area contributed by atoms with Crippen molar-refractivity contribution in [2.24, 2.45) is 5.92 Å². The molecule has 1 fully saturated rings.